The van der Waals surface area contributed by atoms with E-state index in [1.165, 1.54) is 5.56 Å². The van der Waals surface area contributed by atoms with Gasteiger partial charge < -0.3 is 5.11 Å². The summed E-state index contributed by atoms with van der Waals surface area (Å²) in [5, 5.41) is 8.39. The van der Waals surface area contributed by atoms with Crippen molar-refractivity contribution in [2.75, 3.05) is 0 Å². The molecular formula is C10H12NaO2+. The summed E-state index contributed by atoms with van der Waals surface area (Å²) >= 11 is 0. The summed E-state index contributed by atoms with van der Waals surface area (Å²) in [6, 6.07) is 9.93. The first-order chi connectivity index (χ1) is 5.79. The molecule has 0 bridgehead atoms. The van der Waals surface area contributed by atoms with Crippen molar-refractivity contribution in [2.45, 2.75) is 19.3 Å². The fraction of sp³-hybridized carbons (Fsp3) is 0.300. The van der Waals surface area contributed by atoms with Gasteiger partial charge in [0.05, 0.1) is 0 Å². The van der Waals surface area contributed by atoms with Crippen molar-refractivity contribution < 1.29 is 39.5 Å². The Morgan fingerprint density at radius 2 is 1.85 bits per heavy atom. The van der Waals surface area contributed by atoms with Crippen molar-refractivity contribution in [1.82, 2.24) is 0 Å². The average Bonchev–Trinajstić information content (AvgIpc) is 2.05. The average molecular weight is 187 g/mol. The van der Waals surface area contributed by atoms with Gasteiger partial charge in [-0.25, -0.2) is 0 Å². The van der Waals surface area contributed by atoms with E-state index in [1.54, 1.807) is 0 Å². The Bertz CT molecular complexity index is 246. The number of hydrogen-bond donors (Lipinski definition) is 1. The van der Waals surface area contributed by atoms with E-state index in [4.69, 9.17) is 5.11 Å². The van der Waals surface area contributed by atoms with Gasteiger partial charge in [0, 0.05) is 6.42 Å². The predicted molar refractivity (Wildman–Crippen MR) is 47.0 cm³/mol. The summed E-state index contributed by atoms with van der Waals surface area (Å²) < 4.78 is 0. The molecule has 0 saturated carbocycles. The summed E-state index contributed by atoms with van der Waals surface area (Å²) in [7, 11) is 0. The zero-order valence-corrected chi connectivity index (χ0v) is 9.86. The second-order valence-corrected chi connectivity index (χ2v) is 2.73. The van der Waals surface area contributed by atoms with Crippen molar-refractivity contribution in [3.63, 3.8) is 0 Å². The summed E-state index contributed by atoms with van der Waals surface area (Å²) in [5.41, 5.74) is 1.21. The summed E-state index contributed by atoms with van der Waals surface area (Å²) in [6.45, 7) is 0. The maximum absolute atomic E-state index is 10.2. The largest absolute Gasteiger partial charge is 1.00 e. The van der Waals surface area contributed by atoms with Crippen LogP contribution in [-0.2, 0) is 11.2 Å². The molecule has 0 amide bonds. The van der Waals surface area contributed by atoms with Crippen LogP contribution < -0.4 is 29.6 Å². The van der Waals surface area contributed by atoms with Crippen LogP contribution >= 0.6 is 0 Å². The number of rotatable bonds is 4. The first-order valence-electron chi connectivity index (χ1n) is 4.05. The molecule has 1 aromatic rings. The molecule has 0 unspecified atom stereocenters. The molecule has 0 atom stereocenters. The quantitative estimate of drug-likeness (QED) is 0.620. The van der Waals surface area contributed by atoms with Crippen LogP contribution in [0.4, 0.5) is 0 Å². The molecule has 1 N–H and O–H groups in total. The zero-order valence-electron chi connectivity index (χ0n) is 7.86. The number of aryl methyl sites for hydroxylation is 1. The van der Waals surface area contributed by atoms with Crippen LogP contribution in [0.15, 0.2) is 30.3 Å². The summed E-state index contributed by atoms with van der Waals surface area (Å²) in [6.07, 6.45) is 1.83. The topological polar surface area (TPSA) is 37.3 Å². The Hall–Kier alpha value is -0.310. The van der Waals surface area contributed by atoms with Crippen molar-refractivity contribution in [3.05, 3.63) is 35.9 Å². The Morgan fingerprint density at radius 3 is 2.38 bits per heavy atom. The number of carbonyl (C=O) groups is 1. The Morgan fingerprint density at radius 1 is 1.23 bits per heavy atom. The fourth-order valence-electron chi connectivity index (χ4n) is 1.09. The molecule has 0 heterocycles. The van der Waals surface area contributed by atoms with Crippen LogP contribution in [0.3, 0.4) is 0 Å². The standard InChI is InChI=1S/C10H12O2.Na/c11-10(12)8-4-7-9-5-2-1-3-6-9;/h1-3,5-6H,4,7-8H2,(H,11,12);/q;+1. The van der Waals surface area contributed by atoms with Crippen LogP contribution in [0, 0.1) is 0 Å². The Labute approximate surface area is 100 Å². The van der Waals surface area contributed by atoms with Crippen molar-refractivity contribution in [3.8, 4) is 0 Å². The molecule has 0 aliphatic carbocycles. The molecule has 1 aromatic carbocycles. The minimum Gasteiger partial charge on any atom is -0.481 e. The van der Waals surface area contributed by atoms with Gasteiger partial charge in [0.1, 0.15) is 0 Å². The van der Waals surface area contributed by atoms with Gasteiger partial charge in [0.15, 0.2) is 0 Å². The van der Waals surface area contributed by atoms with Gasteiger partial charge in [-0.3, -0.25) is 4.79 Å². The second kappa shape index (κ2) is 7.13. The maximum Gasteiger partial charge on any atom is 1.00 e. The smallest absolute Gasteiger partial charge is 0.481 e. The summed E-state index contributed by atoms with van der Waals surface area (Å²) in [5.74, 6) is -0.717. The molecule has 1 rings (SSSR count). The third-order valence-corrected chi connectivity index (χ3v) is 1.70. The normalized spacial score (nSPS) is 8.92. The van der Waals surface area contributed by atoms with Crippen LogP contribution in [0.2, 0.25) is 0 Å². The van der Waals surface area contributed by atoms with Gasteiger partial charge in [0.25, 0.3) is 0 Å². The molecule has 0 aliphatic rings. The van der Waals surface area contributed by atoms with Crippen molar-refractivity contribution in [2.24, 2.45) is 0 Å². The van der Waals surface area contributed by atoms with Crippen LogP contribution in [0.25, 0.3) is 0 Å². The van der Waals surface area contributed by atoms with Crippen molar-refractivity contribution >= 4 is 5.97 Å². The predicted octanol–water partition coefficient (Wildman–Crippen LogP) is -0.902. The number of aliphatic carboxylic acids is 1. The van der Waals surface area contributed by atoms with Crippen LogP contribution in [0.1, 0.15) is 18.4 Å². The van der Waals surface area contributed by atoms with Gasteiger partial charge in [-0.05, 0) is 18.4 Å². The first-order valence-corrected chi connectivity index (χ1v) is 4.05. The van der Waals surface area contributed by atoms with E-state index in [0.29, 0.717) is 0 Å². The van der Waals surface area contributed by atoms with Gasteiger partial charge in [-0.15, -0.1) is 0 Å². The fourth-order valence-corrected chi connectivity index (χ4v) is 1.09. The number of carboxylic acids is 1. The van der Waals surface area contributed by atoms with Crippen LogP contribution in [0.5, 0.6) is 0 Å². The SMILES string of the molecule is O=C(O)CCCc1ccccc1.[Na+]. The number of hydrogen-bond acceptors (Lipinski definition) is 1. The summed E-state index contributed by atoms with van der Waals surface area (Å²) in [4.78, 5) is 10.2. The minimum absolute atomic E-state index is 0. The maximum atomic E-state index is 10.2. The molecule has 0 aromatic heterocycles. The molecule has 64 valence electrons. The molecule has 0 saturated heterocycles. The Kier molecular flexibility index (Phi) is 6.96. The second-order valence-electron chi connectivity index (χ2n) is 2.73. The molecule has 0 spiro atoms. The van der Waals surface area contributed by atoms with E-state index >= 15 is 0 Å². The van der Waals surface area contributed by atoms with E-state index < -0.39 is 5.97 Å². The molecule has 13 heavy (non-hydrogen) atoms. The minimum atomic E-state index is -0.717. The van der Waals surface area contributed by atoms with E-state index in [9.17, 15) is 4.79 Å². The van der Waals surface area contributed by atoms with E-state index in [2.05, 4.69) is 0 Å². The zero-order chi connectivity index (χ0) is 8.81. The van der Waals surface area contributed by atoms with E-state index in [1.807, 2.05) is 30.3 Å². The number of carboxylic acid groups (broad SMARTS) is 1. The molecule has 2 nitrogen and oxygen atoms in total. The van der Waals surface area contributed by atoms with Crippen molar-refractivity contribution in [1.29, 1.82) is 0 Å². The molecule has 0 aliphatic heterocycles. The van der Waals surface area contributed by atoms with Crippen LogP contribution in [-0.4, -0.2) is 11.1 Å². The van der Waals surface area contributed by atoms with Gasteiger partial charge in [0.2, 0.25) is 0 Å². The van der Waals surface area contributed by atoms with Gasteiger partial charge in [-0.1, -0.05) is 30.3 Å². The molecular weight excluding hydrogens is 175 g/mol. The van der Waals surface area contributed by atoms with E-state index in [0.717, 1.165) is 12.8 Å². The third-order valence-electron chi connectivity index (χ3n) is 1.70. The number of benzene rings is 1. The Balaban J connectivity index is 0.00000144. The first kappa shape index (κ1) is 12.7. The van der Waals surface area contributed by atoms with Gasteiger partial charge in [-0.2, -0.15) is 0 Å². The molecule has 3 heteroatoms. The van der Waals surface area contributed by atoms with E-state index in [-0.39, 0.29) is 36.0 Å². The molecule has 0 fully saturated rings. The van der Waals surface area contributed by atoms with Gasteiger partial charge >= 0.3 is 35.5 Å². The monoisotopic (exact) mass is 187 g/mol. The molecule has 0 radical (unpaired) electrons. The third kappa shape index (κ3) is 5.86.